The molecule has 1 saturated heterocycles. The largest absolute Gasteiger partial charge is 0.381 e. The van der Waals surface area contributed by atoms with Crippen LogP contribution in [0.4, 0.5) is 4.79 Å². The van der Waals surface area contributed by atoms with Crippen LogP contribution < -0.4 is 5.32 Å². The van der Waals surface area contributed by atoms with Gasteiger partial charge in [-0.1, -0.05) is 51.9 Å². The van der Waals surface area contributed by atoms with E-state index < -0.39 is 17.7 Å². The summed E-state index contributed by atoms with van der Waals surface area (Å²) in [4.78, 5) is 43.9. The number of ketones is 1. The molecule has 182 valence electrons. The molecule has 3 amide bonds. The fraction of sp³-hybridized carbons (Fsp3) is 0.880. The lowest BCUT2D eigenvalue weighted by Crippen LogP contribution is -2.59. The van der Waals surface area contributed by atoms with Crippen LogP contribution >= 0.6 is 0 Å². The second-order valence-electron chi connectivity index (χ2n) is 9.88. The molecule has 1 heterocycles. The van der Waals surface area contributed by atoms with Gasteiger partial charge in [0, 0.05) is 32.3 Å². The SMILES string of the molecule is CCCC[C@@H](C(=O)C(=O)NC1CCCC1)N(C(=O)N1CCC(OC)CC1)C1CCCCC1. The Balaban J connectivity index is 1.79. The Hall–Kier alpha value is -1.63. The number of nitrogens with zero attached hydrogens (tertiary/aromatic N) is 2. The first-order valence-corrected chi connectivity index (χ1v) is 13.0. The van der Waals surface area contributed by atoms with Gasteiger partial charge in [-0.3, -0.25) is 9.59 Å². The van der Waals surface area contributed by atoms with Gasteiger partial charge < -0.3 is 19.9 Å². The molecule has 0 aromatic carbocycles. The summed E-state index contributed by atoms with van der Waals surface area (Å²) in [6.45, 7) is 3.37. The van der Waals surface area contributed by atoms with E-state index in [1.807, 2.05) is 9.80 Å². The van der Waals surface area contributed by atoms with Gasteiger partial charge in [-0.15, -0.1) is 0 Å². The number of rotatable bonds is 9. The maximum Gasteiger partial charge on any atom is 0.320 e. The molecule has 0 spiro atoms. The summed E-state index contributed by atoms with van der Waals surface area (Å²) in [6, 6.07) is -0.576. The van der Waals surface area contributed by atoms with Gasteiger partial charge >= 0.3 is 6.03 Å². The van der Waals surface area contributed by atoms with Crippen molar-refractivity contribution >= 4 is 17.7 Å². The van der Waals surface area contributed by atoms with Gasteiger partial charge in [0.2, 0.25) is 5.78 Å². The molecular formula is C25H43N3O4. The summed E-state index contributed by atoms with van der Waals surface area (Å²) < 4.78 is 5.47. The molecule has 0 unspecified atom stereocenters. The van der Waals surface area contributed by atoms with Gasteiger partial charge in [-0.25, -0.2) is 4.79 Å². The van der Waals surface area contributed by atoms with Crippen molar-refractivity contribution in [3.63, 3.8) is 0 Å². The smallest absolute Gasteiger partial charge is 0.320 e. The highest BCUT2D eigenvalue weighted by Gasteiger charge is 2.40. The number of hydrogen-bond acceptors (Lipinski definition) is 4. The lowest BCUT2D eigenvalue weighted by Gasteiger charge is -2.43. The summed E-state index contributed by atoms with van der Waals surface area (Å²) in [7, 11) is 1.72. The fourth-order valence-electron chi connectivity index (χ4n) is 5.62. The molecule has 3 fully saturated rings. The number of urea groups is 1. The Bertz CT molecular complexity index is 621. The molecule has 0 aromatic heterocycles. The number of unbranched alkanes of at least 4 members (excludes halogenated alkanes) is 1. The second-order valence-corrected chi connectivity index (χ2v) is 9.88. The van der Waals surface area contributed by atoms with E-state index >= 15 is 0 Å². The van der Waals surface area contributed by atoms with Gasteiger partial charge in [0.25, 0.3) is 5.91 Å². The molecule has 1 N–H and O–H groups in total. The van der Waals surface area contributed by atoms with Gasteiger partial charge in [0.1, 0.15) is 6.04 Å². The van der Waals surface area contributed by atoms with Crippen molar-refractivity contribution < 1.29 is 19.1 Å². The number of carbonyl (C=O) groups excluding carboxylic acids is 3. The van der Waals surface area contributed by atoms with Crippen LogP contribution in [0.1, 0.15) is 96.8 Å². The van der Waals surface area contributed by atoms with E-state index in [1.165, 1.54) is 6.42 Å². The third kappa shape index (κ3) is 6.46. The van der Waals surface area contributed by atoms with Crippen LogP contribution in [0, 0.1) is 0 Å². The average molecular weight is 450 g/mol. The number of amides is 3. The minimum Gasteiger partial charge on any atom is -0.381 e. The molecule has 7 nitrogen and oxygen atoms in total. The molecular weight excluding hydrogens is 406 g/mol. The number of piperidine rings is 1. The van der Waals surface area contributed by atoms with E-state index in [0.717, 1.165) is 77.0 Å². The van der Waals surface area contributed by atoms with Gasteiger partial charge in [-0.05, 0) is 44.9 Å². The first-order valence-electron chi connectivity index (χ1n) is 13.0. The Morgan fingerprint density at radius 2 is 1.59 bits per heavy atom. The Morgan fingerprint density at radius 3 is 2.19 bits per heavy atom. The number of likely N-dealkylation sites (tertiary alicyclic amines) is 1. The van der Waals surface area contributed by atoms with Crippen LogP contribution in [-0.2, 0) is 14.3 Å². The highest BCUT2D eigenvalue weighted by atomic mass is 16.5. The maximum atomic E-state index is 13.8. The minimum atomic E-state index is -0.660. The van der Waals surface area contributed by atoms with Crippen LogP contribution in [0.15, 0.2) is 0 Å². The van der Waals surface area contributed by atoms with E-state index in [2.05, 4.69) is 12.2 Å². The highest BCUT2D eigenvalue weighted by molar-refractivity contribution is 6.38. The molecule has 7 heteroatoms. The van der Waals surface area contributed by atoms with E-state index in [4.69, 9.17) is 4.74 Å². The molecule has 2 aliphatic carbocycles. The third-order valence-electron chi connectivity index (χ3n) is 7.62. The number of nitrogens with one attached hydrogen (secondary N) is 1. The summed E-state index contributed by atoms with van der Waals surface area (Å²) in [5.74, 6) is -0.916. The zero-order valence-corrected chi connectivity index (χ0v) is 20.2. The number of methoxy groups -OCH3 is 1. The molecule has 2 saturated carbocycles. The van der Waals surface area contributed by atoms with E-state index in [9.17, 15) is 14.4 Å². The van der Waals surface area contributed by atoms with Crippen molar-refractivity contribution in [3.05, 3.63) is 0 Å². The van der Waals surface area contributed by atoms with Crippen molar-refractivity contribution in [1.29, 1.82) is 0 Å². The summed E-state index contributed by atoms with van der Waals surface area (Å²) in [5, 5.41) is 2.97. The van der Waals surface area contributed by atoms with Crippen LogP contribution in [0.25, 0.3) is 0 Å². The number of hydrogen-bond donors (Lipinski definition) is 1. The molecule has 0 bridgehead atoms. The number of Topliss-reactive ketones (excluding diaryl/α,β-unsaturated/α-hetero) is 1. The van der Waals surface area contributed by atoms with Crippen molar-refractivity contribution in [1.82, 2.24) is 15.1 Å². The third-order valence-corrected chi connectivity index (χ3v) is 7.62. The first kappa shape index (κ1) is 25.0. The molecule has 32 heavy (non-hydrogen) atoms. The van der Waals surface area contributed by atoms with Crippen molar-refractivity contribution in [2.75, 3.05) is 20.2 Å². The predicted octanol–water partition coefficient (Wildman–Crippen LogP) is 4.04. The molecule has 0 radical (unpaired) electrons. The standard InChI is InChI=1S/C25H43N3O4/c1-3-4-14-22(23(29)24(30)26-19-10-8-9-11-19)28(20-12-6-5-7-13-20)25(31)27-17-15-21(32-2)16-18-27/h19-22H,3-18H2,1-2H3,(H,26,30)/t22-/m0/s1. The Labute approximate surface area is 193 Å². The van der Waals surface area contributed by atoms with E-state index in [1.54, 1.807) is 7.11 Å². The lowest BCUT2D eigenvalue weighted by molar-refractivity contribution is -0.141. The molecule has 3 rings (SSSR count). The van der Waals surface area contributed by atoms with Crippen LogP contribution in [-0.4, -0.2) is 72.0 Å². The second kappa shape index (κ2) is 12.6. The predicted molar refractivity (Wildman–Crippen MR) is 124 cm³/mol. The fourth-order valence-corrected chi connectivity index (χ4v) is 5.62. The maximum absolute atomic E-state index is 13.8. The van der Waals surface area contributed by atoms with Gasteiger partial charge in [0.15, 0.2) is 0 Å². The van der Waals surface area contributed by atoms with Crippen molar-refractivity contribution in [2.45, 2.75) is 121 Å². The van der Waals surface area contributed by atoms with Crippen LogP contribution in [0.5, 0.6) is 0 Å². The highest BCUT2D eigenvalue weighted by Crippen LogP contribution is 2.29. The Kier molecular flexibility index (Phi) is 9.82. The van der Waals surface area contributed by atoms with E-state index in [0.29, 0.717) is 19.5 Å². The minimum absolute atomic E-state index is 0.0430. The molecule has 3 aliphatic rings. The lowest BCUT2D eigenvalue weighted by atomic mass is 9.91. The first-order chi connectivity index (χ1) is 15.5. The molecule has 0 aromatic rings. The van der Waals surface area contributed by atoms with Crippen molar-refractivity contribution in [2.24, 2.45) is 0 Å². The zero-order valence-electron chi connectivity index (χ0n) is 20.2. The van der Waals surface area contributed by atoms with Crippen molar-refractivity contribution in [3.8, 4) is 0 Å². The summed E-state index contributed by atoms with van der Waals surface area (Å²) in [6.07, 6.45) is 13.4. The van der Waals surface area contributed by atoms with Gasteiger partial charge in [0.05, 0.1) is 6.10 Å². The monoisotopic (exact) mass is 449 g/mol. The number of carbonyl (C=O) groups is 3. The quantitative estimate of drug-likeness (QED) is 0.539. The Morgan fingerprint density at radius 1 is 0.969 bits per heavy atom. The van der Waals surface area contributed by atoms with Crippen LogP contribution in [0.2, 0.25) is 0 Å². The number of ether oxygens (including phenoxy) is 1. The average Bonchev–Trinajstić information content (AvgIpc) is 3.34. The van der Waals surface area contributed by atoms with Gasteiger partial charge in [-0.2, -0.15) is 0 Å². The molecule has 1 aliphatic heterocycles. The van der Waals surface area contributed by atoms with E-state index in [-0.39, 0.29) is 24.2 Å². The molecule has 1 atom stereocenters. The zero-order chi connectivity index (χ0) is 22.9. The topological polar surface area (TPSA) is 79.0 Å². The summed E-state index contributed by atoms with van der Waals surface area (Å²) >= 11 is 0. The normalized spacial score (nSPS) is 22.0. The van der Waals surface area contributed by atoms with Crippen LogP contribution in [0.3, 0.4) is 0 Å². The summed E-state index contributed by atoms with van der Waals surface area (Å²) in [5.41, 5.74) is 0.